The van der Waals surface area contributed by atoms with E-state index in [2.05, 4.69) is 13.8 Å². The van der Waals surface area contributed by atoms with Crippen molar-refractivity contribution in [1.29, 1.82) is 0 Å². The van der Waals surface area contributed by atoms with Gasteiger partial charge in [-0.2, -0.15) is 0 Å². The van der Waals surface area contributed by atoms with E-state index in [9.17, 15) is 5.11 Å². The number of aromatic hydroxyl groups is 1. The fourth-order valence-electron chi connectivity index (χ4n) is 1.99. The van der Waals surface area contributed by atoms with Crippen molar-refractivity contribution in [3.05, 3.63) is 17.7 Å². The third-order valence-corrected chi connectivity index (χ3v) is 3.25. The van der Waals surface area contributed by atoms with Crippen LogP contribution in [0.2, 0.25) is 0 Å². The summed E-state index contributed by atoms with van der Waals surface area (Å²) in [5, 5.41) is 9.87. The highest BCUT2D eigenvalue weighted by Crippen LogP contribution is 2.41. The van der Waals surface area contributed by atoms with Crippen LogP contribution in [0.15, 0.2) is 12.1 Å². The van der Waals surface area contributed by atoms with Crippen LogP contribution in [-0.4, -0.2) is 26.4 Å². The van der Waals surface area contributed by atoms with Gasteiger partial charge in [0.15, 0.2) is 11.5 Å². The van der Waals surface area contributed by atoms with E-state index in [4.69, 9.17) is 14.2 Å². The zero-order valence-corrected chi connectivity index (χ0v) is 11.7. The number of hydrogen-bond acceptors (Lipinski definition) is 4. The third-order valence-electron chi connectivity index (χ3n) is 3.25. The molecule has 0 heterocycles. The Hall–Kier alpha value is -1.42. The van der Waals surface area contributed by atoms with Gasteiger partial charge in [0.25, 0.3) is 0 Å². The standard InChI is InChI=1S/C14H22O4/c1-6-9(2)14(18-5)10-7-11(16-3)13(15)12(8-10)17-4/h7-9,14-15H,6H2,1-5H3/t9-,14-/m1/s1. The Bertz CT molecular complexity index is 364. The fourth-order valence-corrected chi connectivity index (χ4v) is 1.99. The van der Waals surface area contributed by atoms with Crippen LogP contribution in [0.1, 0.15) is 31.9 Å². The van der Waals surface area contributed by atoms with Gasteiger partial charge in [0.2, 0.25) is 5.75 Å². The first-order valence-corrected chi connectivity index (χ1v) is 6.06. The lowest BCUT2D eigenvalue weighted by Crippen LogP contribution is -2.11. The topological polar surface area (TPSA) is 47.9 Å². The Morgan fingerprint density at radius 2 is 1.61 bits per heavy atom. The average Bonchev–Trinajstić information content (AvgIpc) is 2.40. The molecule has 0 fully saturated rings. The normalized spacial score (nSPS) is 14.1. The van der Waals surface area contributed by atoms with E-state index in [1.165, 1.54) is 14.2 Å². The van der Waals surface area contributed by atoms with Crippen LogP contribution in [0.25, 0.3) is 0 Å². The zero-order valence-electron chi connectivity index (χ0n) is 11.7. The van der Waals surface area contributed by atoms with Gasteiger partial charge in [0.1, 0.15) is 0 Å². The van der Waals surface area contributed by atoms with Gasteiger partial charge in [0.05, 0.1) is 20.3 Å². The first-order chi connectivity index (χ1) is 8.58. The van der Waals surface area contributed by atoms with E-state index in [1.54, 1.807) is 19.2 Å². The molecule has 1 aromatic rings. The first-order valence-electron chi connectivity index (χ1n) is 6.06. The number of benzene rings is 1. The van der Waals surface area contributed by atoms with Crippen molar-refractivity contribution in [3.8, 4) is 17.2 Å². The number of ether oxygens (including phenoxy) is 3. The Labute approximate surface area is 108 Å². The molecule has 0 spiro atoms. The number of hydrogen-bond donors (Lipinski definition) is 1. The molecule has 0 saturated carbocycles. The summed E-state index contributed by atoms with van der Waals surface area (Å²) in [4.78, 5) is 0. The smallest absolute Gasteiger partial charge is 0.200 e. The maximum Gasteiger partial charge on any atom is 0.200 e. The SMILES string of the molecule is CC[C@@H](C)[C@@H](OC)c1cc(OC)c(O)c(OC)c1. The van der Waals surface area contributed by atoms with Crippen LogP contribution >= 0.6 is 0 Å². The molecule has 4 heteroatoms. The van der Waals surface area contributed by atoms with Gasteiger partial charge in [-0.1, -0.05) is 20.3 Å². The predicted octanol–water partition coefficient (Wildman–Crippen LogP) is 3.14. The molecule has 0 aliphatic carbocycles. The molecule has 0 aromatic heterocycles. The van der Waals surface area contributed by atoms with Crippen molar-refractivity contribution in [2.45, 2.75) is 26.4 Å². The molecule has 1 rings (SSSR count). The van der Waals surface area contributed by atoms with E-state index in [-0.39, 0.29) is 11.9 Å². The van der Waals surface area contributed by atoms with Crippen LogP contribution < -0.4 is 9.47 Å². The van der Waals surface area contributed by atoms with Crippen LogP contribution in [0, 0.1) is 5.92 Å². The van der Waals surface area contributed by atoms with Crippen molar-refractivity contribution >= 4 is 0 Å². The number of rotatable bonds is 6. The Balaban J connectivity index is 3.22. The lowest BCUT2D eigenvalue weighted by molar-refractivity contribution is 0.0561. The van der Waals surface area contributed by atoms with Gasteiger partial charge < -0.3 is 19.3 Å². The molecule has 0 radical (unpaired) electrons. The maximum absolute atomic E-state index is 9.87. The minimum Gasteiger partial charge on any atom is -0.502 e. The van der Waals surface area contributed by atoms with Crippen LogP contribution in [0.5, 0.6) is 17.2 Å². The second kappa shape index (κ2) is 6.50. The largest absolute Gasteiger partial charge is 0.502 e. The minimum atomic E-state index is -0.0431. The lowest BCUT2D eigenvalue weighted by atomic mass is 9.94. The summed E-state index contributed by atoms with van der Waals surface area (Å²) in [5.74, 6) is 1.18. The van der Waals surface area contributed by atoms with Crippen LogP contribution in [-0.2, 0) is 4.74 Å². The summed E-state index contributed by atoms with van der Waals surface area (Å²) >= 11 is 0. The Morgan fingerprint density at radius 1 is 1.11 bits per heavy atom. The molecule has 4 nitrogen and oxygen atoms in total. The van der Waals surface area contributed by atoms with Crippen molar-refractivity contribution in [2.75, 3.05) is 21.3 Å². The summed E-state index contributed by atoms with van der Waals surface area (Å²) in [7, 11) is 4.72. The number of phenolic OH excluding ortho intramolecular Hbond substituents is 1. The van der Waals surface area contributed by atoms with Crippen LogP contribution in [0.3, 0.4) is 0 Å². The molecule has 0 aliphatic heterocycles. The fraction of sp³-hybridized carbons (Fsp3) is 0.571. The molecule has 0 saturated heterocycles. The molecule has 0 amide bonds. The Morgan fingerprint density at radius 3 is 1.94 bits per heavy atom. The van der Waals surface area contributed by atoms with Gasteiger partial charge >= 0.3 is 0 Å². The predicted molar refractivity (Wildman–Crippen MR) is 70.4 cm³/mol. The van der Waals surface area contributed by atoms with Gasteiger partial charge in [-0.25, -0.2) is 0 Å². The van der Waals surface area contributed by atoms with Crippen molar-refractivity contribution in [1.82, 2.24) is 0 Å². The highest BCUT2D eigenvalue weighted by Gasteiger charge is 2.21. The summed E-state index contributed by atoms with van der Waals surface area (Å²) in [6.07, 6.45) is 0.961. The van der Waals surface area contributed by atoms with E-state index in [1.807, 2.05) is 0 Å². The molecular weight excluding hydrogens is 232 g/mol. The number of phenols is 1. The first kappa shape index (κ1) is 14.6. The maximum atomic E-state index is 9.87. The van der Waals surface area contributed by atoms with E-state index in [0.717, 1.165) is 12.0 Å². The molecule has 0 aliphatic rings. The highest BCUT2D eigenvalue weighted by atomic mass is 16.5. The molecule has 18 heavy (non-hydrogen) atoms. The van der Waals surface area contributed by atoms with Gasteiger partial charge in [0, 0.05) is 7.11 Å². The summed E-state index contributed by atoms with van der Waals surface area (Å²) < 4.78 is 15.8. The molecule has 102 valence electrons. The second-order valence-corrected chi connectivity index (χ2v) is 4.32. The number of methoxy groups -OCH3 is 3. The summed E-state index contributed by atoms with van der Waals surface area (Å²) in [6, 6.07) is 3.58. The molecule has 2 atom stereocenters. The molecule has 0 unspecified atom stereocenters. The monoisotopic (exact) mass is 254 g/mol. The molecule has 0 bridgehead atoms. The summed E-state index contributed by atoms with van der Waals surface area (Å²) in [5.41, 5.74) is 0.943. The second-order valence-electron chi connectivity index (χ2n) is 4.32. The molecule has 1 aromatic carbocycles. The summed E-state index contributed by atoms with van der Waals surface area (Å²) in [6.45, 7) is 4.24. The average molecular weight is 254 g/mol. The molecule has 1 N–H and O–H groups in total. The molecular formula is C14H22O4. The minimum absolute atomic E-state index is 0.0164. The van der Waals surface area contributed by atoms with Gasteiger partial charge in [-0.3, -0.25) is 0 Å². The van der Waals surface area contributed by atoms with E-state index < -0.39 is 0 Å². The van der Waals surface area contributed by atoms with Gasteiger partial charge in [-0.15, -0.1) is 0 Å². The van der Waals surface area contributed by atoms with Crippen molar-refractivity contribution in [2.24, 2.45) is 5.92 Å². The van der Waals surface area contributed by atoms with Crippen molar-refractivity contribution in [3.63, 3.8) is 0 Å². The quantitative estimate of drug-likeness (QED) is 0.847. The Kier molecular flexibility index (Phi) is 5.28. The van der Waals surface area contributed by atoms with Crippen LogP contribution in [0.4, 0.5) is 0 Å². The van der Waals surface area contributed by atoms with E-state index >= 15 is 0 Å². The lowest BCUT2D eigenvalue weighted by Gasteiger charge is -2.23. The third kappa shape index (κ3) is 2.88. The van der Waals surface area contributed by atoms with Gasteiger partial charge in [-0.05, 0) is 23.6 Å². The highest BCUT2D eigenvalue weighted by molar-refractivity contribution is 5.53. The zero-order chi connectivity index (χ0) is 13.7. The van der Waals surface area contributed by atoms with E-state index in [0.29, 0.717) is 17.4 Å². The van der Waals surface area contributed by atoms with Crippen molar-refractivity contribution < 1.29 is 19.3 Å².